The first-order valence-electron chi connectivity index (χ1n) is 7.49. The maximum atomic E-state index is 14.1. The zero-order valence-electron chi connectivity index (χ0n) is 12.6. The predicted molar refractivity (Wildman–Crippen MR) is 84.5 cm³/mol. The van der Waals surface area contributed by atoms with Gasteiger partial charge in [0.25, 0.3) is 0 Å². The van der Waals surface area contributed by atoms with E-state index >= 15 is 0 Å². The normalized spacial score (nSPS) is 16.3. The molecular weight excluding hydrogens is 324 g/mol. The van der Waals surface area contributed by atoms with Gasteiger partial charge in [0.1, 0.15) is 11.6 Å². The average Bonchev–Trinajstić information content (AvgIpc) is 2.97. The number of thioether (sulfide) groups is 1. The maximum absolute atomic E-state index is 14.1. The Morgan fingerprint density at radius 3 is 2.57 bits per heavy atom. The van der Waals surface area contributed by atoms with Crippen molar-refractivity contribution in [3.8, 4) is 0 Å². The summed E-state index contributed by atoms with van der Waals surface area (Å²) in [6, 6.07) is 3.34. The number of hydrogen-bond acceptors (Lipinski definition) is 3. The Kier molecular flexibility index (Phi) is 5.98. The first-order valence-corrected chi connectivity index (χ1v) is 8.64. The molecule has 126 valence electrons. The third-order valence-electron chi connectivity index (χ3n) is 4.10. The summed E-state index contributed by atoms with van der Waals surface area (Å²) in [6.07, 6.45) is 2.70. The van der Waals surface area contributed by atoms with Crippen molar-refractivity contribution in [3.63, 3.8) is 0 Å². The molecule has 1 aromatic rings. The molecule has 0 atom stereocenters. The molecule has 1 fully saturated rings. The van der Waals surface area contributed by atoms with E-state index in [1.54, 1.807) is 0 Å². The number of halogens is 2. The topological polar surface area (TPSA) is 66.4 Å². The molecule has 1 aliphatic carbocycles. The molecular formula is C16H19F2NO3S. The fourth-order valence-electron chi connectivity index (χ4n) is 3.04. The van der Waals surface area contributed by atoms with Crippen LogP contribution >= 0.6 is 11.8 Å². The molecule has 0 radical (unpaired) electrons. The van der Waals surface area contributed by atoms with Crippen LogP contribution in [0, 0.1) is 11.6 Å². The Labute approximate surface area is 137 Å². The molecule has 1 aliphatic rings. The number of carboxylic acids is 1. The zero-order valence-corrected chi connectivity index (χ0v) is 13.4. The molecule has 23 heavy (non-hydrogen) atoms. The number of rotatable bonds is 7. The summed E-state index contributed by atoms with van der Waals surface area (Å²) in [6.45, 7) is 0.321. The van der Waals surface area contributed by atoms with Crippen molar-refractivity contribution < 1.29 is 23.5 Å². The van der Waals surface area contributed by atoms with Gasteiger partial charge in [-0.2, -0.15) is 0 Å². The lowest BCUT2D eigenvalue weighted by molar-refractivity contribution is -0.134. The number of carbonyl (C=O) groups is 2. The molecule has 0 saturated heterocycles. The highest BCUT2D eigenvalue weighted by atomic mass is 32.2. The highest BCUT2D eigenvalue weighted by Crippen LogP contribution is 2.42. The van der Waals surface area contributed by atoms with E-state index in [0.717, 1.165) is 18.9 Å². The number of hydrogen-bond donors (Lipinski definition) is 2. The fourth-order valence-corrected chi connectivity index (χ4v) is 3.61. The van der Waals surface area contributed by atoms with Gasteiger partial charge >= 0.3 is 5.97 Å². The number of nitrogens with one attached hydrogen (secondary N) is 1. The first-order chi connectivity index (χ1) is 11.0. The van der Waals surface area contributed by atoms with Crippen LogP contribution in [0.3, 0.4) is 0 Å². The van der Waals surface area contributed by atoms with Gasteiger partial charge in [-0.05, 0) is 18.9 Å². The summed E-state index contributed by atoms with van der Waals surface area (Å²) < 4.78 is 27.3. The Morgan fingerprint density at radius 2 is 1.96 bits per heavy atom. The van der Waals surface area contributed by atoms with E-state index in [0.29, 0.717) is 25.1 Å². The second kappa shape index (κ2) is 7.77. The molecule has 0 spiro atoms. The summed E-state index contributed by atoms with van der Waals surface area (Å²) in [5.41, 5.74) is -0.706. The second-order valence-electron chi connectivity index (χ2n) is 5.62. The summed E-state index contributed by atoms with van der Waals surface area (Å²) in [7, 11) is 0. The van der Waals surface area contributed by atoms with Gasteiger partial charge in [0.2, 0.25) is 5.91 Å². The lowest BCUT2D eigenvalue weighted by atomic mass is 9.77. The van der Waals surface area contributed by atoms with Crippen LogP contribution in [0.4, 0.5) is 8.78 Å². The van der Waals surface area contributed by atoms with E-state index < -0.39 is 23.0 Å². The molecule has 1 amide bonds. The van der Waals surface area contributed by atoms with Gasteiger partial charge in [-0.15, -0.1) is 11.8 Å². The smallest absolute Gasteiger partial charge is 0.313 e. The highest BCUT2D eigenvalue weighted by Gasteiger charge is 2.44. The first kappa shape index (κ1) is 17.7. The van der Waals surface area contributed by atoms with Gasteiger partial charge in [0.15, 0.2) is 0 Å². The van der Waals surface area contributed by atoms with Crippen molar-refractivity contribution in [2.45, 2.75) is 31.1 Å². The summed E-state index contributed by atoms with van der Waals surface area (Å²) in [5, 5.41) is 11.3. The quantitative estimate of drug-likeness (QED) is 0.747. The van der Waals surface area contributed by atoms with Gasteiger partial charge in [-0.3, -0.25) is 9.59 Å². The summed E-state index contributed by atoms with van der Waals surface area (Å²) in [4.78, 5) is 23.0. The van der Waals surface area contributed by atoms with Crippen LogP contribution in [0.15, 0.2) is 18.2 Å². The molecule has 0 bridgehead atoms. The fraction of sp³-hybridized carbons (Fsp3) is 0.500. The van der Waals surface area contributed by atoms with Gasteiger partial charge < -0.3 is 10.4 Å². The number of carbonyl (C=O) groups excluding carboxylic acids is 1. The van der Waals surface area contributed by atoms with Gasteiger partial charge in [-0.25, -0.2) is 8.78 Å². The maximum Gasteiger partial charge on any atom is 0.313 e. The number of benzene rings is 1. The molecule has 7 heteroatoms. The molecule has 2 N–H and O–H groups in total. The summed E-state index contributed by atoms with van der Waals surface area (Å²) >= 11 is 1.21. The molecule has 2 rings (SSSR count). The molecule has 0 aliphatic heterocycles. The lowest BCUT2D eigenvalue weighted by Crippen LogP contribution is -2.44. The highest BCUT2D eigenvalue weighted by molar-refractivity contribution is 7.99. The minimum absolute atomic E-state index is 0.0202. The molecule has 0 aromatic heterocycles. The monoisotopic (exact) mass is 343 g/mol. The average molecular weight is 343 g/mol. The van der Waals surface area contributed by atoms with Crippen molar-refractivity contribution in [3.05, 3.63) is 35.4 Å². The van der Waals surface area contributed by atoms with E-state index in [9.17, 15) is 18.4 Å². The van der Waals surface area contributed by atoms with E-state index in [1.807, 2.05) is 0 Å². The van der Waals surface area contributed by atoms with Crippen LogP contribution in [-0.2, 0) is 15.0 Å². The van der Waals surface area contributed by atoms with Crippen LogP contribution in [0.5, 0.6) is 0 Å². The zero-order chi connectivity index (χ0) is 16.9. The Bertz CT molecular complexity index is 589. The number of carboxylic acid groups (broad SMARTS) is 1. The second-order valence-corrected chi connectivity index (χ2v) is 6.72. The third-order valence-corrected chi connectivity index (χ3v) is 5.04. The molecule has 1 saturated carbocycles. The van der Waals surface area contributed by atoms with Crippen molar-refractivity contribution in [1.82, 2.24) is 5.32 Å². The van der Waals surface area contributed by atoms with Crippen molar-refractivity contribution in [1.29, 1.82) is 0 Å². The predicted octanol–water partition coefficient (Wildman–Crippen LogP) is 2.71. The van der Waals surface area contributed by atoms with Crippen molar-refractivity contribution in [2.75, 3.05) is 18.1 Å². The van der Waals surface area contributed by atoms with Crippen LogP contribution < -0.4 is 5.32 Å². The number of amides is 1. The van der Waals surface area contributed by atoms with Gasteiger partial charge in [0.05, 0.1) is 11.2 Å². The molecule has 1 aromatic carbocycles. The molecule has 4 nitrogen and oxygen atoms in total. The minimum atomic E-state index is -0.949. The van der Waals surface area contributed by atoms with Crippen LogP contribution in [0.25, 0.3) is 0 Å². The minimum Gasteiger partial charge on any atom is -0.481 e. The lowest BCUT2D eigenvalue weighted by Gasteiger charge is -2.28. The van der Waals surface area contributed by atoms with E-state index in [4.69, 9.17) is 5.11 Å². The standard InChI is InChI=1S/C16H19F2NO3S/c17-11-3-4-12(13(18)9-11)16(5-1-2-6-16)15(22)19-7-8-23-10-14(20)21/h3-4,9H,1-2,5-8,10H2,(H,19,22)(H,20,21). The Morgan fingerprint density at radius 1 is 1.26 bits per heavy atom. The number of aliphatic carboxylic acids is 1. The summed E-state index contributed by atoms with van der Waals surface area (Å²) in [5.74, 6) is -2.07. The third kappa shape index (κ3) is 4.22. The Hall–Kier alpha value is -1.63. The van der Waals surface area contributed by atoms with E-state index in [2.05, 4.69) is 5.32 Å². The van der Waals surface area contributed by atoms with E-state index in [1.165, 1.54) is 23.9 Å². The largest absolute Gasteiger partial charge is 0.481 e. The van der Waals surface area contributed by atoms with Crippen molar-refractivity contribution in [2.24, 2.45) is 0 Å². The van der Waals surface area contributed by atoms with Gasteiger partial charge in [0, 0.05) is 23.9 Å². The van der Waals surface area contributed by atoms with Crippen LogP contribution in [0.1, 0.15) is 31.2 Å². The van der Waals surface area contributed by atoms with Crippen molar-refractivity contribution >= 4 is 23.6 Å². The Balaban J connectivity index is 2.05. The SMILES string of the molecule is O=C(O)CSCCNC(=O)C1(c2ccc(F)cc2F)CCCC1. The van der Waals surface area contributed by atoms with Crippen LogP contribution in [-0.4, -0.2) is 35.0 Å². The molecule has 0 heterocycles. The van der Waals surface area contributed by atoms with Gasteiger partial charge in [-0.1, -0.05) is 18.9 Å². The molecule has 0 unspecified atom stereocenters. The van der Waals surface area contributed by atoms with Crippen LogP contribution in [0.2, 0.25) is 0 Å². The van der Waals surface area contributed by atoms with E-state index in [-0.39, 0.29) is 17.2 Å².